The molecule has 0 aromatic carbocycles. The van der Waals surface area contributed by atoms with Crippen molar-refractivity contribution in [3.05, 3.63) is 0 Å². The van der Waals surface area contributed by atoms with Crippen molar-refractivity contribution in [3.63, 3.8) is 0 Å². The van der Waals surface area contributed by atoms with Crippen molar-refractivity contribution in [3.8, 4) is 0 Å². The van der Waals surface area contributed by atoms with E-state index < -0.39 is 0 Å². The van der Waals surface area contributed by atoms with E-state index in [0.717, 1.165) is 18.1 Å². The first-order valence-electron chi connectivity index (χ1n) is 6.39. The molecule has 1 saturated carbocycles. The highest BCUT2D eigenvalue weighted by Gasteiger charge is 2.19. The van der Waals surface area contributed by atoms with Crippen LogP contribution in [0.3, 0.4) is 0 Å². The normalized spacial score (nSPS) is 22.2. The Kier molecular flexibility index (Phi) is 6.06. The molecule has 0 aromatic rings. The molecule has 0 heterocycles. The molecule has 2 unspecified atom stereocenters. The van der Waals surface area contributed by atoms with E-state index in [9.17, 15) is 5.11 Å². The van der Waals surface area contributed by atoms with Crippen LogP contribution in [0.5, 0.6) is 0 Å². The summed E-state index contributed by atoms with van der Waals surface area (Å²) in [5, 5.41) is 10.6. The minimum Gasteiger partial charge on any atom is -0.392 e. The van der Waals surface area contributed by atoms with Gasteiger partial charge in [0.1, 0.15) is 0 Å². The summed E-state index contributed by atoms with van der Waals surface area (Å²) in [5.41, 5.74) is 0. The zero-order valence-corrected chi connectivity index (χ0v) is 11.2. The zero-order chi connectivity index (χ0) is 11.3. The Hall–Kier alpha value is 0.310. The van der Waals surface area contributed by atoms with Crippen LogP contribution in [-0.2, 0) is 0 Å². The van der Waals surface area contributed by atoms with Crippen LogP contribution in [0.2, 0.25) is 0 Å². The summed E-state index contributed by atoms with van der Waals surface area (Å²) in [6.45, 7) is 6.76. The van der Waals surface area contributed by atoms with Gasteiger partial charge in [0.15, 0.2) is 0 Å². The highest BCUT2D eigenvalue weighted by molar-refractivity contribution is 7.99. The number of hydrogen-bond donors (Lipinski definition) is 1. The predicted molar refractivity (Wildman–Crippen MR) is 69.3 cm³/mol. The second kappa shape index (κ2) is 6.80. The van der Waals surface area contributed by atoms with E-state index in [1.54, 1.807) is 0 Å². The molecule has 0 aliphatic heterocycles. The van der Waals surface area contributed by atoms with Gasteiger partial charge in [0.25, 0.3) is 0 Å². The van der Waals surface area contributed by atoms with Crippen LogP contribution in [0.1, 0.15) is 52.9 Å². The van der Waals surface area contributed by atoms with Crippen LogP contribution in [0.25, 0.3) is 0 Å². The van der Waals surface area contributed by atoms with Crippen molar-refractivity contribution < 1.29 is 5.11 Å². The molecular weight excluding hydrogens is 204 g/mol. The van der Waals surface area contributed by atoms with Crippen molar-refractivity contribution in [2.45, 2.75) is 64.2 Å². The van der Waals surface area contributed by atoms with E-state index in [2.05, 4.69) is 20.8 Å². The molecule has 0 spiro atoms. The Labute approximate surface area is 99.0 Å². The molecule has 2 atom stereocenters. The average Bonchev–Trinajstić information content (AvgIpc) is 2.66. The van der Waals surface area contributed by atoms with Crippen molar-refractivity contribution in [1.29, 1.82) is 0 Å². The second-order valence-electron chi connectivity index (χ2n) is 5.32. The number of aliphatic hydroxyl groups is 1. The molecule has 2 heteroatoms. The van der Waals surface area contributed by atoms with Crippen LogP contribution in [0.4, 0.5) is 0 Å². The van der Waals surface area contributed by atoms with Gasteiger partial charge in [-0.15, -0.1) is 0 Å². The third-order valence-electron chi connectivity index (χ3n) is 3.57. The zero-order valence-electron chi connectivity index (χ0n) is 10.4. The molecule has 0 saturated heterocycles. The molecule has 1 aliphatic rings. The summed E-state index contributed by atoms with van der Waals surface area (Å²) in [5.74, 6) is 2.46. The number of hydrogen-bond acceptors (Lipinski definition) is 2. The topological polar surface area (TPSA) is 20.2 Å². The standard InChI is InChI=1S/C13H26OS/c1-10(2)11(3)15-9-13(14)8-12-6-4-5-7-12/h10-14H,4-9H2,1-3H3. The first-order chi connectivity index (χ1) is 7.09. The van der Waals surface area contributed by atoms with Crippen LogP contribution in [0, 0.1) is 11.8 Å². The van der Waals surface area contributed by atoms with Crippen LogP contribution >= 0.6 is 11.8 Å². The van der Waals surface area contributed by atoms with Gasteiger partial charge in [0, 0.05) is 11.0 Å². The van der Waals surface area contributed by atoms with E-state index >= 15 is 0 Å². The minimum absolute atomic E-state index is 0.0701. The van der Waals surface area contributed by atoms with Gasteiger partial charge >= 0.3 is 0 Å². The van der Waals surface area contributed by atoms with Gasteiger partial charge in [-0.25, -0.2) is 0 Å². The van der Waals surface area contributed by atoms with E-state index in [1.165, 1.54) is 25.7 Å². The number of thioether (sulfide) groups is 1. The van der Waals surface area contributed by atoms with E-state index in [4.69, 9.17) is 0 Å². The van der Waals surface area contributed by atoms with Crippen LogP contribution < -0.4 is 0 Å². The highest BCUT2D eigenvalue weighted by atomic mass is 32.2. The quantitative estimate of drug-likeness (QED) is 0.750. The number of aliphatic hydroxyl groups excluding tert-OH is 1. The van der Waals surface area contributed by atoms with Gasteiger partial charge < -0.3 is 5.11 Å². The molecule has 1 nitrogen and oxygen atoms in total. The molecule has 0 radical (unpaired) electrons. The van der Waals surface area contributed by atoms with Crippen molar-refractivity contribution in [2.75, 3.05) is 5.75 Å². The summed E-state index contributed by atoms with van der Waals surface area (Å²) >= 11 is 1.93. The van der Waals surface area contributed by atoms with Gasteiger partial charge in [-0.2, -0.15) is 11.8 Å². The van der Waals surface area contributed by atoms with Crippen LogP contribution in [0.15, 0.2) is 0 Å². The van der Waals surface area contributed by atoms with E-state index in [-0.39, 0.29) is 6.10 Å². The van der Waals surface area contributed by atoms with Crippen molar-refractivity contribution in [1.82, 2.24) is 0 Å². The fraction of sp³-hybridized carbons (Fsp3) is 1.00. The monoisotopic (exact) mass is 230 g/mol. The SMILES string of the molecule is CC(C)C(C)SCC(O)CC1CCCC1. The summed E-state index contributed by atoms with van der Waals surface area (Å²) in [4.78, 5) is 0. The first kappa shape index (κ1) is 13.4. The predicted octanol–water partition coefficient (Wildman–Crippen LogP) is 3.71. The van der Waals surface area contributed by atoms with Crippen molar-refractivity contribution in [2.24, 2.45) is 11.8 Å². The summed E-state index contributed by atoms with van der Waals surface area (Å²) in [6, 6.07) is 0. The van der Waals surface area contributed by atoms with E-state index in [1.807, 2.05) is 11.8 Å². The Balaban J connectivity index is 2.09. The summed E-state index contributed by atoms with van der Waals surface area (Å²) in [7, 11) is 0. The number of rotatable bonds is 6. The fourth-order valence-corrected chi connectivity index (χ4v) is 3.20. The molecule has 0 amide bonds. The second-order valence-corrected chi connectivity index (χ2v) is 6.73. The van der Waals surface area contributed by atoms with Gasteiger partial charge in [0.05, 0.1) is 6.10 Å². The van der Waals surface area contributed by atoms with Gasteiger partial charge in [-0.3, -0.25) is 0 Å². The molecule has 15 heavy (non-hydrogen) atoms. The lowest BCUT2D eigenvalue weighted by Crippen LogP contribution is -2.17. The highest BCUT2D eigenvalue weighted by Crippen LogP contribution is 2.30. The average molecular weight is 230 g/mol. The maximum atomic E-state index is 9.92. The molecule has 0 aromatic heterocycles. The molecule has 1 N–H and O–H groups in total. The molecular formula is C13H26OS. The smallest absolute Gasteiger partial charge is 0.0633 e. The molecule has 90 valence electrons. The largest absolute Gasteiger partial charge is 0.392 e. The van der Waals surface area contributed by atoms with Gasteiger partial charge in [-0.1, -0.05) is 46.5 Å². The van der Waals surface area contributed by atoms with Crippen molar-refractivity contribution >= 4 is 11.8 Å². The first-order valence-corrected chi connectivity index (χ1v) is 7.44. The third-order valence-corrected chi connectivity index (χ3v) is 5.22. The molecule has 1 aliphatic carbocycles. The minimum atomic E-state index is -0.0701. The molecule has 1 rings (SSSR count). The maximum Gasteiger partial charge on any atom is 0.0633 e. The Bertz CT molecular complexity index is 164. The fourth-order valence-electron chi connectivity index (χ4n) is 2.15. The lowest BCUT2D eigenvalue weighted by molar-refractivity contribution is 0.165. The third kappa shape index (κ3) is 5.26. The maximum absolute atomic E-state index is 9.92. The van der Waals surface area contributed by atoms with Crippen LogP contribution in [-0.4, -0.2) is 22.2 Å². The summed E-state index contributed by atoms with van der Waals surface area (Å²) < 4.78 is 0. The van der Waals surface area contributed by atoms with Gasteiger partial charge in [-0.05, 0) is 18.3 Å². The Morgan fingerprint density at radius 2 is 1.80 bits per heavy atom. The summed E-state index contributed by atoms with van der Waals surface area (Å²) in [6.07, 6.45) is 6.43. The molecule has 1 fully saturated rings. The molecule has 0 bridgehead atoms. The Morgan fingerprint density at radius 1 is 1.20 bits per heavy atom. The Morgan fingerprint density at radius 3 is 2.33 bits per heavy atom. The van der Waals surface area contributed by atoms with Gasteiger partial charge in [0.2, 0.25) is 0 Å². The lowest BCUT2D eigenvalue weighted by Gasteiger charge is -2.19. The van der Waals surface area contributed by atoms with E-state index in [0.29, 0.717) is 11.2 Å². The lowest BCUT2D eigenvalue weighted by atomic mass is 10.0.